The summed E-state index contributed by atoms with van der Waals surface area (Å²) in [6.45, 7) is 6.98. The number of rotatable bonds is 11. The molecule has 0 saturated heterocycles. The van der Waals surface area contributed by atoms with Gasteiger partial charge >= 0.3 is 0 Å². The maximum absolute atomic E-state index is 13.4. The quantitative estimate of drug-likeness (QED) is 0.198. The van der Waals surface area contributed by atoms with Crippen LogP contribution in [-0.4, -0.2) is 57.1 Å². The molecular weight excluding hydrogens is 528 g/mol. The molecule has 0 fully saturated rings. The van der Waals surface area contributed by atoms with Gasteiger partial charge in [0.1, 0.15) is 12.4 Å². The highest BCUT2D eigenvalue weighted by Gasteiger charge is 2.35. The van der Waals surface area contributed by atoms with Gasteiger partial charge in [-0.25, -0.2) is 0 Å². The van der Waals surface area contributed by atoms with Crippen molar-refractivity contribution in [3.05, 3.63) is 102 Å². The molecule has 1 atom stereocenters. The number of hydrogen-bond donors (Lipinski definition) is 3. The third-order valence-electron chi connectivity index (χ3n) is 7.93. The van der Waals surface area contributed by atoms with Crippen LogP contribution >= 0.6 is 0 Å². The van der Waals surface area contributed by atoms with Crippen molar-refractivity contribution >= 4 is 44.8 Å². The zero-order valence-corrected chi connectivity index (χ0v) is 23.8. The van der Waals surface area contributed by atoms with Crippen molar-refractivity contribution < 1.29 is 19.4 Å². The van der Waals surface area contributed by atoms with Crippen LogP contribution in [-0.2, 0) is 22.7 Å². The summed E-state index contributed by atoms with van der Waals surface area (Å²) in [5, 5.41) is 15.3. The Hall–Kier alpha value is -4.66. The van der Waals surface area contributed by atoms with E-state index >= 15 is 0 Å². The number of aliphatic hydroxyl groups excluding tert-OH is 1. The largest absolute Gasteiger partial charge is 0.487 e. The number of fused-ring (bicyclic) bond motifs is 2. The molecule has 2 amide bonds. The molecule has 3 N–H and O–H groups in total. The second-order valence-corrected chi connectivity index (χ2v) is 10.5. The Labute approximate surface area is 244 Å². The molecule has 0 saturated carbocycles. The van der Waals surface area contributed by atoms with Crippen LogP contribution in [0.3, 0.4) is 0 Å². The molecule has 5 aromatic rings. The van der Waals surface area contributed by atoms with Crippen molar-refractivity contribution in [2.75, 3.05) is 19.6 Å². The molecule has 0 bridgehead atoms. The Morgan fingerprint density at radius 2 is 1.55 bits per heavy atom. The Bertz CT molecular complexity index is 1800. The molecule has 42 heavy (non-hydrogen) atoms. The maximum Gasteiger partial charge on any atom is 0.259 e. The average molecular weight is 563 g/mol. The number of carbonyl (C=O) groups excluding carboxylic acids is 2. The number of aromatic nitrogens is 2. The number of nitrogens with one attached hydrogen (secondary N) is 2. The third kappa shape index (κ3) is 5.11. The number of amides is 2. The number of H-pyrrole nitrogens is 1. The molecular formula is C34H34N4O4. The summed E-state index contributed by atoms with van der Waals surface area (Å²) in [6.07, 6.45) is 2.99. The van der Waals surface area contributed by atoms with Crippen LogP contribution in [0.15, 0.2) is 85.2 Å². The van der Waals surface area contributed by atoms with Gasteiger partial charge in [0.05, 0.1) is 22.8 Å². The zero-order chi connectivity index (χ0) is 29.2. The normalized spacial score (nSPS) is 14.4. The summed E-state index contributed by atoms with van der Waals surface area (Å²) in [4.78, 5) is 32.1. The van der Waals surface area contributed by atoms with Gasteiger partial charge in [0, 0.05) is 52.9 Å². The van der Waals surface area contributed by atoms with E-state index in [1.54, 1.807) is 6.20 Å². The first-order valence-corrected chi connectivity index (χ1v) is 14.3. The fourth-order valence-electron chi connectivity index (χ4n) is 5.83. The van der Waals surface area contributed by atoms with Gasteiger partial charge in [0.2, 0.25) is 0 Å². The van der Waals surface area contributed by atoms with E-state index in [0.29, 0.717) is 47.7 Å². The van der Waals surface area contributed by atoms with Crippen LogP contribution < -0.4 is 10.1 Å². The maximum atomic E-state index is 13.4. The predicted molar refractivity (Wildman–Crippen MR) is 165 cm³/mol. The van der Waals surface area contributed by atoms with Gasteiger partial charge < -0.3 is 24.3 Å². The van der Waals surface area contributed by atoms with E-state index in [1.807, 2.05) is 83.6 Å². The second kappa shape index (κ2) is 11.7. The molecule has 2 aromatic heterocycles. The highest BCUT2D eigenvalue weighted by molar-refractivity contribution is 6.50. The molecule has 8 nitrogen and oxygen atoms in total. The van der Waals surface area contributed by atoms with Crippen LogP contribution in [0.5, 0.6) is 5.75 Å². The monoisotopic (exact) mass is 562 g/mol. The smallest absolute Gasteiger partial charge is 0.259 e. The lowest BCUT2D eigenvalue weighted by atomic mass is 9.95. The third-order valence-corrected chi connectivity index (χ3v) is 7.93. The summed E-state index contributed by atoms with van der Waals surface area (Å²) < 4.78 is 8.28. The van der Waals surface area contributed by atoms with Gasteiger partial charge in [-0.1, -0.05) is 74.5 Å². The van der Waals surface area contributed by atoms with E-state index in [-0.39, 0.29) is 0 Å². The second-order valence-electron chi connectivity index (χ2n) is 10.5. The highest BCUT2D eigenvalue weighted by Crippen LogP contribution is 2.40. The lowest BCUT2D eigenvalue weighted by Crippen LogP contribution is -2.34. The van der Waals surface area contributed by atoms with E-state index in [9.17, 15) is 14.7 Å². The SMILES string of the molecule is CCN(CC)CC(O)Cn1cc(C2=C(c3c[nH]c4ccccc34)C(=O)NC2=O)c2cccc(OCc3ccccc3)c21. The minimum atomic E-state index is -0.656. The number of likely N-dealkylation sites (N-methyl/N-ethyl adjacent to an activating group) is 1. The van der Waals surface area contributed by atoms with Gasteiger partial charge in [-0.3, -0.25) is 14.9 Å². The summed E-state index contributed by atoms with van der Waals surface area (Å²) in [5.74, 6) is -0.242. The number of aromatic amines is 1. The van der Waals surface area contributed by atoms with Gasteiger partial charge in [0.15, 0.2) is 0 Å². The number of hydrogen-bond acceptors (Lipinski definition) is 5. The van der Waals surface area contributed by atoms with Crippen molar-refractivity contribution in [2.45, 2.75) is 33.1 Å². The van der Waals surface area contributed by atoms with E-state index in [1.165, 1.54) is 0 Å². The molecule has 8 heteroatoms. The molecule has 214 valence electrons. The Morgan fingerprint density at radius 1 is 0.857 bits per heavy atom. The van der Waals surface area contributed by atoms with Crippen molar-refractivity contribution in [1.82, 2.24) is 19.8 Å². The molecule has 0 spiro atoms. The van der Waals surface area contributed by atoms with Gasteiger partial charge in [-0.15, -0.1) is 0 Å². The minimum Gasteiger partial charge on any atom is -0.487 e. The number of ether oxygens (including phenoxy) is 1. The number of nitrogens with zero attached hydrogens (tertiary/aromatic N) is 2. The number of carbonyl (C=O) groups is 2. The highest BCUT2D eigenvalue weighted by atomic mass is 16.5. The number of imide groups is 1. The molecule has 1 unspecified atom stereocenters. The molecule has 1 aliphatic heterocycles. The number of aliphatic hydroxyl groups is 1. The molecule has 3 aromatic carbocycles. The van der Waals surface area contributed by atoms with Crippen molar-refractivity contribution in [3.8, 4) is 5.75 Å². The first-order chi connectivity index (χ1) is 20.5. The van der Waals surface area contributed by atoms with E-state index < -0.39 is 17.9 Å². The molecule has 1 aliphatic rings. The predicted octanol–water partition coefficient (Wildman–Crippen LogP) is 4.97. The number of benzene rings is 3. The fraction of sp³-hybridized carbons (Fsp3) is 0.235. The molecule has 6 rings (SSSR count). The number of para-hydroxylation sites is 2. The van der Waals surface area contributed by atoms with Crippen LogP contribution in [0.4, 0.5) is 0 Å². The zero-order valence-electron chi connectivity index (χ0n) is 23.8. The van der Waals surface area contributed by atoms with E-state index in [0.717, 1.165) is 40.5 Å². The van der Waals surface area contributed by atoms with E-state index in [4.69, 9.17) is 4.74 Å². The molecule has 0 aliphatic carbocycles. The van der Waals surface area contributed by atoms with Crippen molar-refractivity contribution in [2.24, 2.45) is 0 Å². The van der Waals surface area contributed by atoms with E-state index in [2.05, 4.69) is 29.0 Å². The van der Waals surface area contributed by atoms with Gasteiger partial charge in [-0.05, 0) is 30.8 Å². The summed E-state index contributed by atoms with van der Waals surface area (Å²) in [5.41, 5.74) is 4.60. The van der Waals surface area contributed by atoms with Gasteiger partial charge in [-0.2, -0.15) is 0 Å². The average Bonchev–Trinajstić information content (AvgIpc) is 3.67. The Morgan fingerprint density at radius 3 is 2.31 bits per heavy atom. The minimum absolute atomic E-state index is 0.296. The standard InChI is InChI=1S/C34H34N4O4/c1-3-37(4-2)18-23(39)19-38-20-27(25-14-10-16-29(32(25)38)42-21-22-11-6-5-7-12-22)31-30(33(40)36-34(31)41)26-17-35-28-15-9-8-13-24(26)28/h5-17,20,23,35,39H,3-4,18-19,21H2,1-2H3,(H,36,40,41). The van der Waals surface area contributed by atoms with Crippen molar-refractivity contribution in [3.63, 3.8) is 0 Å². The summed E-state index contributed by atoms with van der Waals surface area (Å²) in [6, 6.07) is 23.3. The lowest BCUT2D eigenvalue weighted by molar-refractivity contribution is -0.122. The summed E-state index contributed by atoms with van der Waals surface area (Å²) >= 11 is 0. The molecule has 3 heterocycles. The van der Waals surface area contributed by atoms with Gasteiger partial charge in [0.25, 0.3) is 11.8 Å². The van der Waals surface area contributed by atoms with Crippen LogP contribution in [0.2, 0.25) is 0 Å². The summed E-state index contributed by atoms with van der Waals surface area (Å²) in [7, 11) is 0. The van der Waals surface area contributed by atoms with Crippen LogP contribution in [0, 0.1) is 0 Å². The Balaban J connectivity index is 1.50. The van der Waals surface area contributed by atoms with Crippen molar-refractivity contribution in [1.29, 1.82) is 0 Å². The van der Waals surface area contributed by atoms with Crippen LogP contribution in [0.1, 0.15) is 30.5 Å². The first-order valence-electron chi connectivity index (χ1n) is 14.3. The Kier molecular flexibility index (Phi) is 7.65. The first kappa shape index (κ1) is 27.5. The topological polar surface area (TPSA) is 99.6 Å². The lowest BCUT2D eigenvalue weighted by Gasteiger charge is -2.22. The fourth-order valence-corrected chi connectivity index (χ4v) is 5.83. The van der Waals surface area contributed by atoms with Crippen LogP contribution in [0.25, 0.3) is 33.0 Å². The molecule has 0 radical (unpaired) electrons.